The van der Waals surface area contributed by atoms with Crippen LogP contribution >= 0.6 is 23.5 Å². The molecule has 2 rings (SSSR count). The number of halogens is 3. The summed E-state index contributed by atoms with van der Waals surface area (Å²) in [5.41, 5.74) is 2.37. The van der Waals surface area contributed by atoms with Gasteiger partial charge in [0.2, 0.25) is 6.23 Å². The van der Waals surface area contributed by atoms with Crippen molar-refractivity contribution in [1.82, 2.24) is 4.90 Å². The van der Waals surface area contributed by atoms with Gasteiger partial charge >= 0.3 is 29.4 Å². The summed E-state index contributed by atoms with van der Waals surface area (Å²) in [6.07, 6.45) is -3.45. The number of alkyl halides is 3. The van der Waals surface area contributed by atoms with Gasteiger partial charge in [0.25, 0.3) is 0 Å². The second kappa shape index (κ2) is 8.91. The Morgan fingerprint density at radius 1 is 1.22 bits per heavy atom. The fourth-order valence-electron chi connectivity index (χ4n) is 2.54. The van der Waals surface area contributed by atoms with Crippen molar-refractivity contribution in [3.8, 4) is 0 Å². The Kier molecular flexibility index (Phi) is 7.55. The molecule has 2 heterocycles. The zero-order valence-corrected chi connectivity index (χ0v) is 18.2. The number of nitrogens with zero attached hydrogens (tertiary/aromatic N) is 2. The fourth-order valence-corrected chi connectivity index (χ4v) is 5.62. The minimum Gasteiger partial charge on any atom is -0.384 e. The van der Waals surface area contributed by atoms with Gasteiger partial charge in [-0.05, 0) is 6.08 Å². The van der Waals surface area contributed by atoms with E-state index in [1.165, 1.54) is 0 Å². The van der Waals surface area contributed by atoms with Crippen molar-refractivity contribution in [2.75, 3.05) is 13.3 Å². The van der Waals surface area contributed by atoms with Crippen molar-refractivity contribution in [3.63, 3.8) is 0 Å². The number of hydrogen-bond donors (Lipinski definition) is 6. The van der Waals surface area contributed by atoms with Crippen molar-refractivity contribution in [3.05, 3.63) is 24.7 Å². The molecule has 21 heteroatoms. The first-order valence-electron chi connectivity index (χ1n) is 7.92. The van der Waals surface area contributed by atoms with E-state index in [9.17, 15) is 36.9 Å². The summed E-state index contributed by atoms with van der Waals surface area (Å²) in [4.78, 5) is 39.6. The largest absolute Gasteiger partial charge is 0.490 e. The van der Waals surface area contributed by atoms with E-state index >= 15 is 0 Å². The van der Waals surface area contributed by atoms with Gasteiger partial charge in [-0.3, -0.25) is 4.52 Å². The van der Waals surface area contributed by atoms with Crippen LogP contribution in [0.3, 0.4) is 0 Å². The zero-order chi connectivity index (χ0) is 24.8. The fraction of sp³-hybridized carbons (Fsp3) is 0.545. The summed E-state index contributed by atoms with van der Waals surface area (Å²) in [6.45, 7) is -0.226. The normalized spacial score (nSPS) is 31.8. The average molecular weight is 533 g/mol. The third-order valence-electron chi connectivity index (χ3n) is 3.87. The van der Waals surface area contributed by atoms with E-state index in [-0.39, 0.29) is 11.7 Å². The molecule has 184 valence electrons. The number of hydrogen-bond acceptors (Lipinski definition) is 11. The molecule has 0 radical (unpaired) electrons. The predicted octanol–water partition coefficient (Wildman–Crippen LogP) is 0.0482. The van der Waals surface area contributed by atoms with Gasteiger partial charge in [-0.25, -0.2) is 23.1 Å². The Hall–Kier alpha value is -1.13. The summed E-state index contributed by atoms with van der Waals surface area (Å²) in [7, 11) is -17.4. The maximum atomic E-state index is 14.7. The van der Waals surface area contributed by atoms with Crippen LogP contribution in [0.5, 0.6) is 0 Å². The molecule has 0 saturated carbocycles. The number of amidine groups is 1. The van der Waals surface area contributed by atoms with E-state index in [2.05, 4.69) is 24.7 Å². The number of aliphatic hydroxyl groups is 1. The van der Waals surface area contributed by atoms with Crippen molar-refractivity contribution in [2.24, 2.45) is 10.7 Å². The SMILES string of the molecule is C=C1N=C(N)C=CN1[C@@H]1O[C@](CF)(COP(=O)(O)OP(=O)(O)OP(=O)(O)O)[C@@H](O)C1(F)F. The van der Waals surface area contributed by atoms with Crippen LogP contribution in [0.4, 0.5) is 13.2 Å². The van der Waals surface area contributed by atoms with E-state index in [4.69, 9.17) is 25.2 Å². The molecular formula is C11H17F3N3O12P3. The van der Waals surface area contributed by atoms with Crippen LogP contribution in [-0.4, -0.2) is 72.6 Å². The molecule has 5 atom stereocenters. The van der Waals surface area contributed by atoms with Gasteiger partial charge in [0.1, 0.15) is 18.3 Å². The summed E-state index contributed by atoms with van der Waals surface area (Å²) >= 11 is 0. The topological polar surface area (TPSA) is 231 Å². The van der Waals surface area contributed by atoms with Crippen LogP contribution in [0.25, 0.3) is 0 Å². The quantitative estimate of drug-likeness (QED) is 0.215. The monoisotopic (exact) mass is 533 g/mol. The summed E-state index contributed by atoms with van der Waals surface area (Å²) in [5.74, 6) is -4.75. The number of phosphoric ester groups is 1. The Balaban J connectivity index is 2.21. The second-order valence-corrected chi connectivity index (χ2v) is 10.7. The van der Waals surface area contributed by atoms with Crippen LogP contribution in [0.15, 0.2) is 29.7 Å². The standard InChI is InChI=1S/C11H17F3N3O12P3/c1-6-16-7(15)2-3-17(6)9-11(13,14)8(18)10(4-12,27-9)5-26-31(22,23)29-32(24,25)28-30(19,20)21/h2-3,8-9,18H,1,4-5H2,(H2,15,16)(H,22,23)(H,24,25)(H2,19,20,21)/t8-,9-,10-/m1/s1. The van der Waals surface area contributed by atoms with Gasteiger partial charge in [-0.2, -0.15) is 17.4 Å². The lowest BCUT2D eigenvalue weighted by Crippen LogP contribution is -2.51. The first-order valence-corrected chi connectivity index (χ1v) is 12.4. The summed E-state index contributed by atoms with van der Waals surface area (Å²) < 4.78 is 92.7. The van der Waals surface area contributed by atoms with Gasteiger partial charge in [-0.1, -0.05) is 6.58 Å². The van der Waals surface area contributed by atoms with E-state index in [1.54, 1.807) is 0 Å². The van der Waals surface area contributed by atoms with Crippen LogP contribution in [0.2, 0.25) is 0 Å². The summed E-state index contributed by atoms with van der Waals surface area (Å²) in [6, 6.07) is 0. The lowest BCUT2D eigenvalue weighted by Gasteiger charge is -2.32. The highest BCUT2D eigenvalue weighted by Gasteiger charge is 2.68. The summed E-state index contributed by atoms with van der Waals surface area (Å²) in [5, 5.41) is 10.0. The molecule has 0 aromatic rings. The molecule has 0 aromatic heterocycles. The molecule has 0 spiro atoms. The molecule has 0 aliphatic carbocycles. The van der Waals surface area contributed by atoms with E-state index < -0.39 is 60.6 Å². The molecule has 32 heavy (non-hydrogen) atoms. The molecule has 15 nitrogen and oxygen atoms in total. The Morgan fingerprint density at radius 3 is 2.31 bits per heavy atom. The van der Waals surface area contributed by atoms with Gasteiger partial charge in [0, 0.05) is 6.20 Å². The highest BCUT2D eigenvalue weighted by atomic mass is 31.3. The molecule has 2 unspecified atom stereocenters. The lowest BCUT2D eigenvalue weighted by atomic mass is 9.97. The number of nitrogens with two attached hydrogens (primary N) is 1. The number of phosphoric acid groups is 3. The third-order valence-corrected chi connectivity index (χ3v) is 7.65. The van der Waals surface area contributed by atoms with Crippen LogP contribution < -0.4 is 5.73 Å². The van der Waals surface area contributed by atoms with Crippen LogP contribution in [0.1, 0.15) is 0 Å². The molecule has 1 fully saturated rings. The highest BCUT2D eigenvalue weighted by molar-refractivity contribution is 7.66. The van der Waals surface area contributed by atoms with E-state index in [1.807, 2.05) is 0 Å². The maximum absolute atomic E-state index is 14.7. The molecule has 2 aliphatic rings. The predicted molar refractivity (Wildman–Crippen MR) is 96.1 cm³/mol. The molecular weight excluding hydrogens is 516 g/mol. The first-order chi connectivity index (χ1) is 14.3. The Bertz CT molecular complexity index is 972. The molecule has 1 saturated heterocycles. The second-order valence-electron chi connectivity index (χ2n) is 6.29. The van der Waals surface area contributed by atoms with E-state index in [0.29, 0.717) is 4.90 Å². The molecule has 0 bridgehead atoms. The molecule has 0 amide bonds. The number of rotatable bonds is 9. The third kappa shape index (κ3) is 6.05. The highest BCUT2D eigenvalue weighted by Crippen LogP contribution is 2.66. The number of aliphatic imine (C=N–C) groups is 1. The number of aliphatic hydroxyl groups excluding tert-OH is 1. The number of ether oxygens (including phenoxy) is 1. The smallest absolute Gasteiger partial charge is 0.384 e. The van der Waals surface area contributed by atoms with Crippen LogP contribution in [0, 0.1) is 0 Å². The molecule has 2 aliphatic heterocycles. The lowest BCUT2D eigenvalue weighted by molar-refractivity contribution is -0.156. The van der Waals surface area contributed by atoms with Crippen molar-refractivity contribution in [1.29, 1.82) is 0 Å². The maximum Gasteiger partial charge on any atom is 0.490 e. The average Bonchev–Trinajstić information content (AvgIpc) is 2.78. The Morgan fingerprint density at radius 2 is 1.81 bits per heavy atom. The molecule has 7 N–H and O–H groups in total. The minimum absolute atomic E-state index is 0.113. The van der Waals surface area contributed by atoms with Gasteiger partial charge in [0.05, 0.1) is 6.61 Å². The van der Waals surface area contributed by atoms with Crippen molar-refractivity contribution in [2.45, 2.75) is 23.9 Å². The zero-order valence-electron chi connectivity index (χ0n) is 15.5. The molecule has 0 aromatic carbocycles. The van der Waals surface area contributed by atoms with Gasteiger partial charge in [0.15, 0.2) is 11.7 Å². The van der Waals surface area contributed by atoms with Crippen LogP contribution in [-0.2, 0) is 31.6 Å². The van der Waals surface area contributed by atoms with Crippen molar-refractivity contribution < 1.29 is 69.4 Å². The van der Waals surface area contributed by atoms with Crippen molar-refractivity contribution >= 4 is 29.3 Å². The van der Waals surface area contributed by atoms with Gasteiger partial charge in [-0.15, -0.1) is 0 Å². The van der Waals surface area contributed by atoms with Gasteiger partial charge < -0.3 is 40.1 Å². The Labute approximate surface area is 177 Å². The first kappa shape index (κ1) is 27.1. The van der Waals surface area contributed by atoms with E-state index in [0.717, 1.165) is 12.3 Å². The minimum atomic E-state index is -5.92.